The molecule has 2 atom stereocenters. The molecule has 0 aromatic heterocycles. The molecule has 0 amide bonds. The number of benzene rings is 1. The van der Waals surface area contributed by atoms with E-state index in [1.165, 1.54) is 25.3 Å². The molecule has 0 saturated heterocycles. The smallest absolute Gasteiger partial charge is 0.127 e. The minimum Gasteiger partial charge on any atom is -0.207 e. The van der Waals surface area contributed by atoms with Crippen LogP contribution in [0.4, 0.5) is 4.39 Å². The van der Waals surface area contributed by atoms with Gasteiger partial charge in [-0.1, -0.05) is 40.0 Å². The molecule has 1 aliphatic rings. The molecule has 2 rings (SSSR count). The minimum absolute atomic E-state index is 0.172. The summed E-state index contributed by atoms with van der Waals surface area (Å²) in [5.41, 5.74) is 0.788. The third-order valence-electron chi connectivity index (χ3n) is 3.06. The van der Waals surface area contributed by atoms with Gasteiger partial charge in [-0.3, -0.25) is 0 Å². The van der Waals surface area contributed by atoms with Gasteiger partial charge in [0.25, 0.3) is 0 Å². The second-order valence-corrected chi connectivity index (χ2v) is 5.76. The van der Waals surface area contributed by atoms with Crippen molar-refractivity contribution in [3.8, 4) is 0 Å². The van der Waals surface area contributed by atoms with E-state index in [1.54, 1.807) is 12.1 Å². The third-order valence-corrected chi connectivity index (χ3v) is 4.50. The van der Waals surface area contributed by atoms with Crippen LogP contribution in [0.25, 0.3) is 0 Å². The van der Waals surface area contributed by atoms with E-state index in [-0.39, 0.29) is 5.82 Å². The van der Waals surface area contributed by atoms with Crippen LogP contribution >= 0.6 is 27.5 Å². The Balaban J connectivity index is 2.10. The molecule has 82 valence electrons. The van der Waals surface area contributed by atoms with Gasteiger partial charge >= 0.3 is 0 Å². The lowest BCUT2D eigenvalue weighted by Crippen LogP contribution is -2.10. The topological polar surface area (TPSA) is 0 Å². The molecule has 0 bridgehead atoms. The zero-order chi connectivity index (χ0) is 10.8. The molecule has 2 unspecified atom stereocenters. The molecule has 15 heavy (non-hydrogen) atoms. The number of hydrogen-bond donors (Lipinski definition) is 0. The molecule has 3 heteroatoms. The quantitative estimate of drug-likeness (QED) is 0.699. The van der Waals surface area contributed by atoms with Crippen molar-refractivity contribution < 1.29 is 4.39 Å². The van der Waals surface area contributed by atoms with Crippen LogP contribution in [0, 0.1) is 11.7 Å². The van der Waals surface area contributed by atoms with E-state index < -0.39 is 0 Å². The monoisotopic (exact) mass is 290 g/mol. The van der Waals surface area contributed by atoms with E-state index in [1.807, 2.05) is 0 Å². The van der Waals surface area contributed by atoms with Crippen molar-refractivity contribution in [1.29, 1.82) is 0 Å². The summed E-state index contributed by atoms with van der Waals surface area (Å²) in [6, 6.07) is 4.96. The number of alkyl halides is 1. The number of rotatable bonds is 2. The Hall–Kier alpha value is -0.0800. The van der Waals surface area contributed by atoms with Gasteiger partial charge in [-0.25, -0.2) is 4.39 Å². The van der Waals surface area contributed by atoms with Gasteiger partial charge in [0.15, 0.2) is 0 Å². The van der Waals surface area contributed by atoms with E-state index in [4.69, 9.17) is 11.6 Å². The Morgan fingerprint density at radius 2 is 2.20 bits per heavy atom. The van der Waals surface area contributed by atoms with E-state index >= 15 is 0 Å². The van der Waals surface area contributed by atoms with Gasteiger partial charge in [0, 0.05) is 9.85 Å². The Bertz CT molecular complexity index is 353. The first-order valence-corrected chi connectivity index (χ1v) is 6.54. The maximum atomic E-state index is 13.5. The van der Waals surface area contributed by atoms with Gasteiger partial charge in [-0.2, -0.15) is 0 Å². The van der Waals surface area contributed by atoms with Crippen molar-refractivity contribution in [3.63, 3.8) is 0 Å². The number of hydrogen-bond acceptors (Lipinski definition) is 0. The van der Waals surface area contributed by atoms with Gasteiger partial charge in [0.1, 0.15) is 5.82 Å². The normalized spacial score (nSPS) is 25.8. The van der Waals surface area contributed by atoms with Gasteiger partial charge in [-0.15, -0.1) is 0 Å². The lowest BCUT2D eigenvalue weighted by Gasteiger charge is -2.14. The van der Waals surface area contributed by atoms with Gasteiger partial charge in [-0.05, 0) is 42.9 Å². The molecule has 0 nitrogen and oxygen atoms in total. The molecular formula is C12H13BrClF. The SMILES string of the molecule is Fc1cc(Cl)ccc1CC1CCCC1Br. The van der Waals surface area contributed by atoms with E-state index in [9.17, 15) is 4.39 Å². The van der Waals surface area contributed by atoms with Gasteiger partial charge < -0.3 is 0 Å². The summed E-state index contributed by atoms with van der Waals surface area (Å²) in [6.45, 7) is 0. The maximum absolute atomic E-state index is 13.5. The van der Waals surface area contributed by atoms with Crippen molar-refractivity contribution in [2.24, 2.45) is 5.92 Å². The first-order chi connectivity index (χ1) is 7.16. The minimum atomic E-state index is -0.172. The van der Waals surface area contributed by atoms with E-state index in [0.29, 0.717) is 15.8 Å². The van der Waals surface area contributed by atoms with Crippen LogP contribution < -0.4 is 0 Å². The molecule has 1 aromatic carbocycles. The first-order valence-electron chi connectivity index (χ1n) is 5.25. The van der Waals surface area contributed by atoms with Crippen LogP contribution in [0.5, 0.6) is 0 Å². The zero-order valence-corrected chi connectivity index (χ0v) is 10.7. The fourth-order valence-electron chi connectivity index (χ4n) is 2.19. The second kappa shape index (κ2) is 4.84. The third kappa shape index (κ3) is 2.73. The van der Waals surface area contributed by atoms with Crippen LogP contribution in [0.15, 0.2) is 18.2 Å². The van der Waals surface area contributed by atoms with Crippen LogP contribution in [0.2, 0.25) is 5.02 Å². The molecular weight excluding hydrogens is 278 g/mol. The summed E-state index contributed by atoms with van der Waals surface area (Å²) in [6.07, 6.45) is 4.46. The predicted octanol–water partition coefficient (Wildman–Crippen LogP) is 4.59. The van der Waals surface area contributed by atoms with Crippen LogP contribution in [0.3, 0.4) is 0 Å². The summed E-state index contributed by atoms with van der Waals surface area (Å²) in [5, 5.41) is 0.470. The molecule has 0 radical (unpaired) electrons. The fourth-order valence-corrected chi connectivity index (χ4v) is 3.12. The Morgan fingerprint density at radius 1 is 1.40 bits per heavy atom. The highest BCUT2D eigenvalue weighted by Crippen LogP contribution is 2.34. The van der Waals surface area contributed by atoms with Crippen molar-refractivity contribution >= 4 is 27.5 Å². The summed E-state index contributed by atoms with van der Waals surface area (Å²) in [5.74, 6) is 0.398. The number of halogens is 3. The zero-order valence-electron chi connectivity index (χ0n) is 8.35. The molecule has 1 saturated carbocycles. The standard InChI is InChI=1S/C12H13BrClF/c13-11-3-1-2-8(11)6-9-4-5-10(14)7-12(9)15/h4-5,7-8,11H,1-3,6H2. The van der Waals surface area contributed by atoms with Crippen LogP contribution in [-0.4, -0.2) is 4.83 Å². The largest absolute Gasteiger partial charge is 0.207 e. The fraction of sp³-hybridized carbons (Fsp3) is 0.500. The molecule has 0 spiro atoms. The lowest BCUT2D eigenvalue weighted by molar-refractivity contribution is 0.532. The Kier molecular flexibility index (Phi) is 3.68. The van der Waals surface area contributed by atoms with Crippen molar-refractivity contribution in [2.45, 2.75) is 30.5 Å². The second-order valence-electron chi connectivity index (χ2n) is 4.15. The molecule has 0 N–H and O–H groups in total. The highest BCUT2D eigenvalue weighted by atomic mass is 79.9. The highest BCUT2D eigenvalue weighted by molar-refractivity contribution is 9.09. The molecule has 0 aliphatic heterocycles. The summed E-state index contributed by atoms with van der Waals surface area (Å²) in [7, 11) is 0. The summed E-state index contributed by atoms with van der Waals surface area (Å²) >= 11 is 9.37. The molecule has 1 aliphatic carbocycles. The molecule has 1 fully saturated rings. The van der Waals surface area contributed by atoms with E-state index in [0.717, 1.165) is 12.0 Å². The Labute approximate surface area is 103 Å². The van der Waals surface area contributed by atoms with Crippen molar-refractivity contribution in [3.05, 3.63) is 34.6 Å². The lowest BCUT2D eigenvalue weighted by atomic mass is 9.98. The van der Waals surface area contributed by atoms with Crippen LogP contribution in [-0.2, 0) is 6.42 Å². The van der Waals surface area contributed by atoms with Crippen molar-refractivity contribution in [2.75, 3.05) is 0 Å². The van der Waals surface area contributed by atoms with Gasteiger partial charge in [0.05, 0.1) is 0 Å². The first kappa shape index (κ1) is 11.4. The summed E-state index contributed by atoms with van der Waals surface area (Å²) < 4.78 is 13.5. The molecule has 0 heterocycles. The van der Waals surface area contributed by atoms with Gasteiger partial charge in [0.2, 0.25) is 0 Å². The highest BCUT2D eigenvalue weighted by Gasteiger charge is 2.25. The van der Waals surface area contributed by atoms with E-state index in [2.05, 4.69) is 15.9 Å². The average Bonchev–Trinajstić information content (AvgIpc) is 2.57. The Morgan fingerprint density at radius 3 is 2.80 bits per heavy atom. The predicted molar refractivity (Wildman–Crippen MR) is 65.2 cm³/mol. The van der Waals surface area contributed by atoms with Crippen molar-refractivity contribution in [1.82, 2.24) is 0 Å². The molecule has 1 aromatic rings. The van der Waals surface area contributed by atoms with Crippen LogP contribution in [0.1, 0.15) is 24.8 Å². The maximum Gasteiger partial charge on any atom is 0.127 e. The summed E-state index contributed by atoms with van der Waals surface area (Å²) in [4.78, 5) is 0.549. The average molecular weight is 292 g/mol.